The normalized spacial score (nSPS) is 11.8. The predicted octanol–water partition coefficient (Wildman–Crippen LogP) is 3.46. The number of aromatic hydroxyl groups is 1. The van der Waals surface area contributed by atoms with Crippen molar-refractivity contribution >= 4 is 16.8 Å². The van der Waals surface area contributed by atoms with Crippen LogP contribution in [-0.4, -0.2) is 33.2 Å². The van der Waals surface area contributed by atoms with Crippen LogP contribution in [0.15, 0.2) is 36.4 Å². The highest BCUT2D eigenvalue weighted by atomic mass is 16.5. The molecule has 2 aromatic carbocycles. The van der Waals surface area contributed by atoms with Crippen molar-refractivity contribution in [2.45, 2.75) is 45.6 Å². The van der Waals surface area contributed by atoms with Crippen LogP contribution in [0, 0.1) is 5.41 Å². The molecule has 0 spiro atoms. The van der Waals surface area contributed by atoms with Gasteiger partial charge in [-0.1, -0.05) is 32.9 Å². The smallest absolute Gasteiger partial charge is 0.203 e. The van der Waals surface area contributed by atoms with Gasteiger partial charge in [0, 0.05) is 18.2 Å². The number of hydrogen-bond acceptors (Lipinski definition) is 5. The second-order valence-corrected chi connectivity index (χ2v) is 8.85. The zero-order valence-electron chi connectivity index (χ0n) is 18.7. The summed E-state index contributed by atoms with van der Waals surface area (Å²) in [5, 5.41) is 19.2. The second-order valence-electron chi connectivity index (χ2n) is 8.85. The molecule has 7 nitrogen and oxygen atoms in total. The number of aromatic nitrogens is 2. The summed E-state index contributed by atoms with van der Waals surface area (Å²) < 4.78 is 9.26. The van der Waals surface area contributed by atoms with E-state index in [-0.39, 0.29) is 29.1 Å². The van der Waals surface area contributed by atoms with Gasteiger partial charge in [-0.15, -0.1) is 0 Å². The van der Waals surface area contributed by atoms with E-state index in [9.17, 15) is 9.90 Å². The van der Waals surface area contributed by atoms with Gasteiger partial charge in [-0.25, -0.2) is 0 Å². The number of phenols is 1. The Hall–Kier alpha value is -3.06. The van der Waals surface area contributed by atoms with Crippen molar-refractivity contribution in [2.75, 3.05) is 13.2 Å². The number of unbranched alkanes of at least 4 members (excludes halogenated alkanes) is 1. The summed E-state index contributed by atoms with van der Waals surface area (Å²) in [7, 11) is 1.82. The number of benzene rings is 2. The van der Waals surface area contributed by atoms with Crippen molar-refractivity contribution in [1.29, 1.82) is 5.41 Å². The fourth-order valence-electron chi connectivity index (χ4n) is 3.66. The average Bonchev–Trinajstić information content (AvgIpc) is 2.96. The van der Waals surface area contributed by atoms with Gasteiger partial charge < -0.3 is 24.7 Å². The number of rotatable bonds is 8. The molecule has 0 aliphatic rings. The van der Waals surface area contributed by atoms with E-state index in [4.69, 9.17) is 15.9 Å². The fourth-order valence-corrected chi connectivity index (χ4v) is 3.66. The minimum atomic E-state index is -0.372. The third-order valence-corrected chi connectivity index (χ3v) is 5.47. The molecule has 0 aliphatic heterocycles. The van der Waals surface area contributed by atoms with Gasteiger partial charge in [0.15, 0.2) is 17.3 Å². The minimum Gasteiger partial charge on any atom is -0.504 e. The maximum absolute atomic E-state index is 13.3. The van der Waals surface area contributed by atoms with Crippen molar-refractivity contribution < 1.29 is 14.6 Å². The number of phenolic OH excluding ortho intramolecular Hbond substituents is 1. The van der Waals surface area contributed by atoms with Crippen LogP contribution in [0.3, 0.4) is 0 Å². The van der Waals surface area contributed by atoms with Crippen LogP contribution >= 0.6 is 0 Å². The van der Waals surface area contributed by atoms with Crippen LogP contribution in [-0.2, 0) is 19.0 Å². The largest absolute Gasteiger partial charge is 0.504 e. The number of ketones is 1. The summed E-state index contributed by atoms with van der Waals surface area (Å²) in [6, 6.07) is 11.0. The summed E-state index contributed by atoms with van der Waals surface area (Å²) in [5.74, 6) is 0.227. The first-order valence-electron chi connectivity index (χ1n) is 10.6. The number of fused-ring (bicyclic) bond motifs is 1. The molecule has 0 bridgehead atoms. The number of carbonyl (C=O) groups is 1. The van der Waals surface area contributed by atoms with Crippen molar-refractivity contribution in [3.63, 3.8) is 0 Å². The molecular weight excluding hydrogens is 392 g/mol. The van der Waals surface area contributed by atoms with Gasteiger partial charge in [-0.2, -0.15) is 0 Å². The van der Waals surface area contributed by atoms with Crippen LogP contribution in [0.25, 0.3) is 11.0 Å². The average molecular weight is 425 g/mol. The molecule has 166 valence electrons. The lowest BCUT2D eigenvalue weighted by Crippen LogP contribution is -2.26. The Morgan fingerprint density at radius 3 is 2.48 bits per heavy atom. The maximum atomic E-state index is 13.3. The number of nitrogens with two attached hydrogens (primary N) is 1. The zero-order chi connectivity index (χ0) is 22.8. The van der Waals surface area contributed by atoms with E-state index < -0.39 is 0 Å². The molecule has 1 heterocycles. The van der Waals surface area contributed by atoms with Gasteiger partial charge >= 0.3 is 0 Å². The highest BCUT2D eigenvalue weighted by molar-refractivity contribution is 5.97. The first kappa shape index (κ1) is 22.6. The fraction of sp³-hybridized carbons (Fsp3) is 0.417. The van der Waals surface area contributed by atoms with Gasteiger partial charge in [0.05, 0.1) is 24.2 Å². The lowest BCUT2D eigenvalue weighted by Gasteiger charge is -2.23. The zero-order valence-corrected chi connectivity index (χ0v) is 18.7. The number of Topliss-reactive ketones (excluding diaryl/α,β-unsaturated/α-hetero) is 1. The van der Waals surface area contributed by atoms with E-state index in [1.54, 1.807) is 21.3 Å². The van der Waals surface area contributed by atoms with E-state index >= 15 is 0 Å². The molecule has 0 unspecified atom stereocenters. The summed E-state index contributed by atoms with van der Waals surface area (Å²) in [4.78, 5) is 13.3. The molecule has 0 saturated carbocycles. The quantitative estimate of drug-likeness (QED) is 0.380. The minimum absolute atomic E-state index is 0.0289. The second kappa shape index (κ2) is 8.98. The van der Waals surface area contributed by atoms with E-state index in [2.05, 4.69) is 0 Å². The molecule has 1 aromatic heterocycles. The molecule has 31 heavy (non-hydrogen) atoms. The number of para-hydroxylation sites is 2. The molecule has 3 rings (SSSR count). The Labute approximate surface area is 182 Å². The number of ether oxygens (including phenoxy) is 1. The molecule has 0 aliphatic carbocycles. The van der Waals surface area contributed by atoms with Crippen molar-refractivity contribution in [2.24, 2.45) is 12.8 Å². The number of imidazole rings is 1. The van der Waals surface area contributed by atoms with Gasteiger partial charge in [0.1, 0.15) is 0 Å². The molecule has 4 N–H and O–H groups in total. The molecule has 3 aromatic rings. The van der Waals surface area contributed by atoms with Gasteiger partial charge in [0.25, 0.3) is 0 Å². The molecule has 7 heteroatoms. The summed E-state index contributed by atoms with van der Waals surface area (Å²) >= 11 is 0. The van der Waals surface area contributed by atoms with E-state index in [0.717, 1.165) is 23.9 Å². The van der Waals surface area contributed by atoms with Crippen LogP contribution in [0.1, 0.15) is 49.5 Å². The van der Waals surface area contributed by atoms with Gasteiger partial charge in [0.2, 0.25) is 5.62 Å². The molecule has 0 fully saturated rings. The number of nitrogens with zero attached hydrogens (tertiary/aromatic N) is 2. The van der Waals surface area contributed by atoms with Crippen LogP contribution in [0.4, 0.5) is 0 Å². The topological polar surface area (TPSA) is 106 Å². The third kappa shape index (κ3) is 4.66. The first-order chi connectivity index (χ1) is 14.6. The van der Waals surface area contributed by atoms with E-state index in [0.29, 0.717) is 30.0 Å². The maximum Gasteiger partial charge on any atom is 0.203 e. The highest BCUT2D eigenvalue weighted by Gasteiger charge is 2.24. The molecule has 0 saturated heterocycles. The Morgan fingerprint density at radius 2 is 1.84 bits per heavy atom. The third-order valence-electron chi connectivity index (χ3n) is 5.47. The van der Waals surface area contributed by atoms with E-state index in [1.165, 1.54) is 0 Å². The number of carbonyl (C=O) groups excluding carboxylic acids is 1. The predicted molar refractivity (Wildman–Crippen MR) is 122 cm³/mol. The Morgan fingerprint density at radius 1 is 1.16 bits per heavy atom. The van der Waals surface area contributed by atoms with E-state index in [1.807, 2.05) is 52.1 Å². The number of aryl methyl sites for hydroxylation is 1. The molecule has 0 atom stereocenters. The lowest BCUT2D eigenvalue weighted by atomic mass is 9.84. The van der Waals surface area contributed by atoms with Crippen LogP contribution < -0.4 is 16.1 Å². The standard InChI is InChI=1S/C24H32N4O3/c1-24(2,3)17-13-16(14-21(22(17)30)31-12-8-7-11-25)20(29)15-28-19-10-6-5-9-18(19)27(4)23(28)26/h5-6,9-10,13-14,26,30H,7-8,11-12,15,25H2,1-4H3. The Kier molecular flexibility index (Phi) is 6.55. The lowest BCUT2D eigenvalue weighted by molar-refractivity contribution is 0.0971. The van der Waals surface area contributed by atoms with Crippen molar-refractivity contribution in [1.82, 2.24) is 9.13 Å². The SMILES string of the molecule is Cn1c(=N)n(CC(=O)c2cc(OCCCCN)c(O)c(C(C)(C)C)c2)c2ccccc21. The first-order valence-corrected chi connectivity index (χ1v) is 10.6. The highest BCUT2D eigenvalue weighted by Crippen LogP contribution is 2.39. The van der Waals surface area contributed by atoms with Crippen LogP contribution in [0.2, 0.25) is 0 Å². The van der Waals surface area contributed by atoms with Crippen molar-refractivity contribution in [3.05, 3.63) is 53.1 Å². The Balaban J connectivity index is 1.99. The van der Waals surface area contributed by atoms with Gasteiger partial charge in [-0.05, 0) is 49.1 Å². The monoisotopic (exact) mass is 424 g/mol. The Bertz CT molecular complexity index is 1150. The van der Waals surface area contributed by atoms with Crippen molar-refractivity contribution in [3.8, 4) is 11.5 Å². The summed E-state index contributed by atoms with van der Waals surface area (Å²) in [5.41, 5.74) is 8.25. The molecular formula is C24H32N4O3. The number of hydrogen-bond donors (Lipinski definition) is 3. The van der Waals surface area contributed by atoms with Gasteiger partial charge in [-0.3, -0.25) is 10.2 Å². The molecule has 0 radical (unpaired) electrons. The van der Waals surface area contributed by atoms with Crippen LogP contribution in [0.5, 0.6) is 11.5 Å². The molecule has 0 amide bonds. The summed E-state index contributed by atoms with van der Waals surface area (Å²) in [6.07, 6.45) is 1.60. The summed E-state index contributed by atoms with van der Waals surface area (Å²) in [6.45, 7) is 6.97. The number of nitrogens with one attached hydrogen (secondary N) is 1.